The number of aliphatic carboxylic acids is 2. The molecule has 0 aliphatic carbocycles. The van der Waals surface area contributed by atoms with Gasteiger partial charge in [-0.3, -0.25) is 14.4 Å². The zero-order chi connectivity index (χ0) is 26.7. The number of primary amides is 1. The van der Waals surface area contributed by atoms with Crippen molar-refractivity contribution < 1.29 is 54.2 Å². The number of hydrogen-bond donors (Lipinski definition) is 8. The summed E-state index contributed by atoms with van der Waals surface area (Å²) < 4.78 is 10.6. The SMILES string of the molecule is CC(=O)N(CC(C)O[C@@H]1[C@@H](N)[C@@H](O)O[C@H](CO)[C@H]1O)[C@@H](C)C(=O)O.NC(=O)[C@H](N)CCC(=O)O. The minimum Gasteiger partial charge on any atom is -0.481 e. The Morgan fingerprint density at radius 2 is 1.71 bits per heavy atom. The third-order valence-corrected chi connectivity index (χ3v) is 5.03. The molecule has 1 unspecified atom stereocenters. The van der Waals surface area contributed by atoms with Crippen molar-refractivity contribution in [3.05, 3.63) is 0 Å². The highest BCUT2D eigenvalue weighted by molar-refractivity contribution is 5.82. The number of ether oxygens (including phenoxy) is 2. The number of carbonyl (C=O) groups excluding carboxylic acids is 2. The summed E-state index contributed by atoms with van der Waals surface area (Å²) in [7, 11) is 0. The molecule has 0 spiro atoms. The van der Waals surface area contributed by atoms with Gasteiger partial charge < -0.3 is 57.1 Å². The molecule has 1 rings (SSSR count). The van der Waals surface area contributed by atoms with E-state index in [0.29, 0.717) is 0 Å². The predicted molar refractivity (Wildman–Crippen MR) is 115 cm³/mol. The van der Waals surface area contributed by atoms with Crippen LogP contribution in [-0.4, -0.2) is 116 Å². The monoisotopic (exact) mass is 496 g/mol. The van der Waals surface area contributed by atoms with Gasteiger partial charge in [0.2, 0.25) is 11.8 Å². The first-order valence-corrected chi connectivity index (χ1v) is 10.4. The van der Waals surface area contributed by atoms with Crippen LogP contribution in [0.15, 0.2) is 0 Å². The molecule has 15 nitrogen and oxygen atoms in total. The molecule has 1 heterocycles. The van der Waals surface area contributed by atoms with Crippen LogP contribution in [0.2, 0.25) is 0 Å². The Labute approximate surface area is 196 Å². The van der Waals surface area contributed by atoms with Gasteiger partial charge in [0, 0.05) is 19.9 Å². The second-order valence-electron chi connectivity index (χ2n) is 7.85. The summed E-state index contributed by atoms with van der Waals surface area (Å²) in [6.07, 6.45) is -5.50. The van der Waals surface area contributed by atoms with Gasteiger partial charge in [-0.1, -0.05) is 0 Å². The summed E-state index contributed by atoms with van der Waals surface area (Å²) >= 11 is 0. The van der Waals surface area contributed by atoms with Gasteiger partial charge in [-0.25, -0.2) is 4.79 Å². The van der Waals surface area contributed by atoms with Crippen molar-refractivity contribution in [2.24, 2.45) is 17.2 Å². The van der Waals surface area contributed by atoms with E-state index >= 15 is 0 Å². The van der Waals surface area contributed by atoms with Crippen LogP contribution in [0, 0.1) is 0 Å². The quantitative estimate of drug-likeness (QED) is 0.136. The molecule has 0 aromatic carbocycles. The molecule has 0 radical (unpaired) electrons. The Hall–Kier alpha value is -2.40. The van der Waals surface area contributed by atoms with Crippen molar-refractivity contribution in [2.75, 3.05) is 13.2 Å². The summed E-state index contributed by atoms with van der Waals surface area (Å²) in [5, 5.41) is 46.2. The Morgan fingerprint density at radius 1 is 1.15 bits per heavy atom. The number of nitrogens with zero attached hydrogens (tertiary/aromatic N) is 1. The number of rotatable bonds is 11. The average Bonchev–Trinajstić information content (AvgIpc) is 2.75. The van der Waals surface area contributed by atoms with Crippen LogP contribution in [0.3, 0.4) is 0 Å². The molecule has 0 aromatic heterocycles. The van der Waals surface area contributed by atoms with Gasteiger partial charge in [-0.05, 0) is 20.3 Å². The van der Waals surface area contributed by atoms with E-state index < -0.39 is 79.2 Å². The van der Waals surface area contributed by atoms with Crippen LogP contribution in [0.1, 0.15) is 33.6 Å². The van der Waals surface area contributed by atoms with Crippen LogP contribution in [0.25, 0.3) is 0 Å². The van der Waals surface area contributed by atoms with Crippen molar-refractivity contribution >= 4 is 23.8 Å². The normalized spacial score (nSPS) is 26.9. The first kappa shape index (κ1) is 31.6. The zero-order valence-corrected chi connectivity index (χ0v) is 19.3. The van der Waals surface area contributed by atoms with Gasteiger partial charge in [-0.2, -0.15) is 0 Å². The van der Waals surface area contributed by atoms with Crippen LogP contribution in [0.4, 0.5) is 0 Å². The van der Waals surface area contributed by atoms with Crippen molar-refractivity contribution in [1.82, 2.24) is 4.90 Å². The Bertz CT molecular complexity index is 695. The maximum atomic E-state index is 11.6. The van der Waals surface area contributed by atoms with Crippen molar-refractivity contribution in [3.63, 3.8) is 0 Å². The molecule has 11 N–H and O–H groups in total. The van der Waals surface area contributed by atoms with E-state index in [0.717, 1.165) is 4.90 Å². The topological polar surface area (TPSA) is 269 Å². The molecule has 8 atom stereocenters. The lowest BCUT2D eigenvalue weighted by Crippen LogP contribution is -2.63. The van der Waals surface area contributed by atoms with E-state index in [1.165, 1.54) is 13.8 Å². The van der Waals surface area contributed by atoms with Crippen molar-refractivity contribution in [1.29, 1.82) is 0 Å². The molecule has 1 saturated heterocycles. The molecule has 1 fully saturated rings. The Kier molecular flexibility index (Phi) is 13.7. The highest BCUT2D eigenvalue weighted by Gasteiger charge is 2.44. The van der Waals surface area contributed by atoms with E-state index in [4.69, 9.17) is 42.0 Å². The number of aliphatic hydroxyl groups excluding tert-OH is 3. The van der Waals surface area contributed by atoms with E-state index in [1.54, 1.807) is 6.92 Å². The minimum atomic E-state index is -1.43. The predicted octanol–water partition coefficient (Wildman–Crippen LogP) is -3.86. The highest BCUT2D eigenvalue weighted by atomic mass is 16.6. The van der Waals surface area contributed by atoms with E-state index in [-0.39, 0.29) is 19.4 Å². The summed E-state index contributed by atoms with van der Waals surface area (Å²) in [5.41, 5.74) is 15.7. The fourth-order valence-electron chi connectivity index (χ4n) is 2.98. The van der Waals surface area contributed by atoms with Crippen LogP contribution >= 0.6 is 0 Å². The van der Waals surface area contributed by atoms with E-state index in [2.05, 4.69) is 0 Å². The summed E-state index contributed by atoms with van der Waals surface area (Å²) in [6.45, 7) is 3.62. The van der Waals surface area contributed by atoms with Crippen molar-refractivity contribution in [2.45, 2.75) is 82.4 Å². The third kappa shape index (κ3) is 10.3. The highest BCUT2D eigenvalue weighted by Crippen LogP contribution is 2.22. The summed E-state index contributed by atoms with van der Waals surface area (Å²) in [4.78, 5) is 44.0. The molecule has 1 aliphatic rings. The summed E-state index contributed by atoms with van der Waals surface area (Å²) in [6, 6.07) is -2.94. The lowest BCUT2D eigenvalue weighted by molar-refractivity contribution is -0.263. The number of carbonyl (C=O) groups is 4. The number of hydrogen-bond acceptors (Lipinski definition) is 11. The van der Waals surface area contributed by atoms with E-state index in [9.17, 15) is 29.4 Å². The number of carboxylic acid groups (broad SMARTS) is 2. The molecule has 0 aromatic rings. The Balaban J connectivity index is 0.000000916. The lowest BCUT2D eigenvalue weighted by atomic mass is 9.97. The molecule has 34 heavy (non-hydrogen) atoms. The lowest BCUT2D eigenvalue weighted by Gasteiger charge is -2.42. The second kappa shape index (κ2) is 14.8. The smallest absolute Gasteiger partial charge is 0.326 e. The number of amides is 2. The minimum absolute atomic E-state index is 0.0422. The fraction of sp³-hybridized carbons (Fsp3) is 0.789. The van der Waals surface area contributed by atoms with Gasteiger partial charge in [-0.15, -0.1) is 0 Å². The molecule has 2 amide bonds. The van der Waals surface area contributed by atoms with Gasteiger partial charge in [0.05, 0.1) is 24.8 Å². The molecular formula is C19H36N4O11. The van der Waals surface area contributed by atoms with Crippen LogP contribution in [0.5, 0.6) is 0 Å². The molecule has 15 heteroatoms. The first-order chi connectivity index (χ1) is 15.6. The molecule has 0 saturated carbocycles. The molecule has 1 aliphatic heterocycles. The number of carboxylic acids is 2. The second-order valence-corrected chi connectivity index (χ2v) is 7.85. The van der Waals surface area contributed by atoms with Crippen molar-refractivity contribution in [3.8, 4) is 0 Å². The maximum Gasteiger partial charge on any atom is 0.326 e. The number of aliphatic hydroxyl groups is 3. The molecule has 198 valence electrons. The Morgan fingerprint density at radius 3 is 2.12 bits per heavy atom. The fourth-order valence-corrected chi connectivity index (χ4v) is 2.98. The van der Waals surface area contributed by atoms with Crippen LogP contribution < -0.4 is 17.2 Å². The first-order valence-electron chi connectivity index (χ1n) is 10.4. The molecular weight excluding hydrogens is 460 g/mol. The summed E-state index contributed by atoms with van der Waals surface area (Å²) in [5.74, 6) is -3.24. The zero-order valence-electron chi connectivity index (χ0n) is 19.3. The average molecular weight is 497 g/mol. The third-order valence-electron chi connectivity index (χ3n) is 5.03. The maximum absolute atomic E-state index is 11.6. The van der Waals surface area contributed by atoms with Gasteiger partial charge in [0.1, 0.15) is 24.4 Å². The molecule has 0 bridgehead atoms. The van der Waals surface area contributed by atoms with Gasteiger partial charge >= 0.3 is 11.9 Å². The van der Waals surface area contributed by atoms with Gasteiger partial charge in [0.25, 0.3) is 0 Å². The largest absolute Gasteiger partial charge is 0.481 e. The number of nitrogens with two attached hydrogens (primary N) is 3. The van der Waals surface area contributed by atoms with E-state index in [1.807, 2.05) is 0 Å². The van der Waals surface area contributed by atoms with Gasteiger partial charge in [0.15, 0.2) is 6.29 Å². The standard InChI is InChI=1S/C14H26N2O8.C5H10N2O3/c1-6(4-16(8(3)18)7(2)13(20)21)23-12-10(15)14(22)24-9(5-17)11(12)19;6-3(5(7)10)1-2-4(8)9/h6-7,9-12,14,17,19,22H,4-5,15H2,1-3H3,(H,20,21);3H,1-2,6H2,(H2,7,10)(H,8,9)/t6?,7-,9+,10+,11+,12+,14-;3-/m01/s1. The van der Waals surface area contributed by atoms with Crippen LogP contribution in [-0.2, 0) is 28.7 Å².